The molecule has 0 spiro atoms. The molecule has 3 nitrogen and oxygen atoms in total. The first kappa shape index (κ1) is 23.6. The summed E-state index contributed by atoms with van der Waals surface area (Å²) in [5.74, 6) is 1.44. The highest BCUT2D eigenvalue weighted by Gasteiger charge is 2.52. The molecule has 0 aromatic rings. The Morgan fingerprint density at radius 3 is 2.21 bits per heavy atom. The van der Waals surface area contributed by atoms with Crippen LogP contribution in [0.3, 0.4) is 0 Å². The van der Waals surface area contributed by atoms with E-state index in [4.69, 9.17) is 0 Å². The van der Waals surface area contributed by atoms with Crippen LogP contribution >= 0.6 is 0 Å². The third kappa shape index (κ3) is 5.29. The summed E-state index contributed by atoms with van der Waals surface area (Å²) in [7, 11) is 0. The van der Waals surface area contributed by atoms with Gasteiger partial charge in [-0.15, -0.1) is 0 Å². The van der Waals surface area contributed by atoms with Gasteiger partial charge in [0, 0.05) is 0 Å². The molecule has 0 bridgehead atoms. The van der Waals surface area contributed by atoms with Crippen molar-refractivity contribution in [2.24, 2.45) is 28.6 Å². The highest BCUT2D eigenvalue weighted by molar-refractivity contribution is 5.19. The van der Waals surface area contributed by atoms with Gasteiger partial charge in [0.15, 0.2) is 0 Å². The van der Waals surface area contributed by atoms with E-state index < -0.39 is 12.2 Å². The first-order valence-corrected chi connectivity index (χ1v) is 11.4. The van der Waals surface area contributed by atoms with E-state index in [1.807, 2.05) is 0 Å². The van der Waals surface area contributed by atoms with Gasteiger partial charge in [0.05, 0.1) is 18.3 Å². The standard InChI is InChI=1S/C25H44O3/c1-17(2)23(28)11-10-18(3)25(6)13-12-20(24(25,4)5)9-7-8-19-14-21(26)16-22(27)15-19/h7-9,17-18,20-23,26-28H,10-16H2,1-6H3/t18-,20+,21+,22+,23-,25+/m0/s1. The summed E-state index contributed by atoms with van der Waals surface area (Å²) in [6.07, 6.45) is 11.9. The number of hydrogen-bond acceptors (Lipinski definition) is 3. The average molecular weight is 393 g/mol. The van der Waals surface area contributed by atoms with Crippen LogP contribution in [0.4, 0.5) is 0 Å². The second-order valence-electron chi connectivity index (χ2n) is 10.7. The molecule has 0 radical (unpaired) electrons. The van der Waals surface area contributed by atoms with Crippen LogP contribution in [0.1, 0.15) is 86.5 Å². The molecule has 3 N–H and O–H groups in total. The van der Waals surface area contributed by atoms with Crippen molar-refractivity contribution in [3.8, 4) is 0 Å². The number of aliphatic hydroxyl groups is 3. The summed E-state index contributed by atoms with van der Waals surface area (Å²) in [5, 5.41) is 29.9. The minimum absolute atomic E-state index is 0.195. The largest absolute Gasteiger partial charge is 0.393 e. The Hall–Kier alpha value is -0.640. The van der Waals surface area contributed by atoms with Crippen LogP contribution in [0.5, 0.6) is 0 Å². The van der Waals surface area contributed by atoms with Crippen LogP contribution in [0.2, 0.25) is 0 Å². The Kier molecular flexibility index (Phi) is 7.98. The smallest absolute Gasteiger partial charge is 0.0602 e. The third-order valence-electron chi connectivity index (χ3n) is 8.34. The monoisotopic (exact) mass is 392 g/mol. The molecule has 2 aliphatic carbocycles. The van der Waals surface area contributed by atoms with E-state index in [1.54, 1.807) is 0 Å². The van der Waals surface area contributed by atoms with Crippen LogP contribution in [0, 0.1) is 28.6 Å². The van der Waals surface area contributed by atoms with Crippen molar-refractivity contribution in [1.29, 1.82) is 0 Å². The predicted octanol–water partition coefficient (Wildman–Crippen LogP) is 5.25. The minimum Gasteiger partial charge on any atom is -0.393 e. The summed E-state index contributed by atoms with van der Waals surface area (Å²) in [4.78, 5) is 0. The maximum absolute atomic E-state index is 10.2. The van der Waals surface area contributed by atoms with Gasteiger partial charge in [0.25, 0.3) is 0 Å². The van der Waals surface area contributed by atoms with Crippen molar-refractivity contribution in [2.45, 2.75) is 105 Å². The molecule has 2 rings (SSSR count). The fourth-order valence-electron chi connectivity index (χ4n) is 5.48. The first-order valence-electron chi connectivity index (χ1n) is 11.4. The average Bonchev–Trinajstić information content (AvgIpc) is 2.82. The topological polar surface area (TPSA) is 60.7 Å². The molecule has 2 fully saturated rings. The predicted molar refractivity (Wildman–Crippen MR) is 117 cm³/mol. The van der Waals surface area contributed by atoms with E-state index in [0.717, 1.165) is 18.4 Å². The Balaban J connectivity index is 2.01. The lowest BCUT2D eigenvalue weighted by Gasteiger charge is -2.46. The van der Waals surface area contributed by atoms with Gasteiger partial charge in [-0.3, -0.25) is 0 Å². The Morgan fingerprint density at radius 2 is 1.64 bits per heavy atom. The fourth-order valence-corrected chi connectivity index (χ4v) is 5.48. The molecule has 0 heterocycles. The highest BCUT2D eigenvalue weighted by atomic mass is 16.3. The van der Waals surface area contributed by atoms with Gasteiger partial charge in [-0.2, -0.15) is 0 Å². The molecule has 0 saturated heterocycles. The fraction of sp³-hybridized carbons (Fsp3) is 0.840. The lowest BCUT2D eigenvalue weighted by atomic mass is 9.59. The summed E-state index contributed by atoms with van der Waals surface area (Å²) in [6, 6.07) is 0. The normalized spacial score (nSPS) is 35.5. The Labute approximate surface area is 172 Å². The molecule has 0 aromatic heterocycles. The lowest BCUT2D eigenvalue weighted by molar-refractivity contribution is 0.0277. The maximum atomic E-state index is 10.2. The molecule has 162 valence electrons. The molecular weight excluding hydrogens is 348 g/mol. The van der Waals surface area contributed by atoms with Crippen molar-refractivity contribution >= 4 is 0 Å². The number of rotatable bonds is 7. The second-order valence-corrected chi connectivity index (χ2v) is 10.7. The van der Waals surface area contributed by atoms with E-state index in [2.05, 4.69) is 59.8 Å². The summed E-state index contributed by atoms with van der Waals surface area (Å²) >= 11 is 0. The number of aliphatic hydroxyl groups excluding tert-OH is 3. The molecule has 0 aromatic carbocycles. The van der Waals surface area contributed by atoms with Crippen molar-refractivity contribution in [1.82, 2.24) is 0 Å². The molecular formula is C25H44O3. The molecule has 0 aliphatic heterocycles. The molecule has 2 saturated carbocycles. The molecule has 0 amide bonds. The van der Waals surface area contributed by atoms with Crippen LogP contribution in [-0.2, 0) is 0 Å². The van der Waals surface area contributed by atoms with E-state index in [9.17, 15) is 15.3 Å². The molecule has 28 heavy (non-hydrogen) atoms. The Morgan fingerprint density at radius 1 is 1.04 bits per heavy atom. The molecule has 0 unspecified atom stereocenters. The second kappa shape index (κ2) is 9.45. The van der Waals surface area contributed by atoms with Crippen LogP contribution < -0.4 is 0 Å². The van der Waals surface area contributed by atoms with Gasteiger partial charge in [-0.25, -0.2) is 0 Å². The quantitative estimate of drug-likeness (QED) is 0.554. The van der Waals surface area contributed by atoms with E-state index >= 15 is 0 Å². The summed E-state index contributed by atoms with van der Waals surface area (Å²) in [5.41, 5.74) is 1.62. The first-order chi connectivity index (χ1) is 13.0. The maximum Gasteiger partial charge on any atom is 0.0602 e. The zero-order valence-electron chi connectivity index (χ0n) is 19.0. The summed E-state index contributed by atoms with van der Waals surface area (Å²) in [6.45, 7) is 13.8. The minimum atomic E-state index is -0.406. The molecule has 2 aliphatic rings. The van der Waals surface area contributed by atoms with Crippen molar-refractivity contribution in [3.05, 3.63) is 23.8 Å². The van der Waals surface area contributed by atoms with E-state index in [1.165, 1.54) is 12.8 Å². The Bertz CT molecular complexity index is 550. The number of allylic oxidation sites excluding steroid dienone is 3. The van der Waals surface area contributed by atoms with Crippen molar-refractivity contribution in [3.63, 3.8) is 0 Å². The van der Waals surface area contributed by atoms with Gasteiger partial charge in [-0.05, 0) is 73.5 Å². The van der Waals surface area contributed by atoms with Gasteiger partial charge >= 0.3 is 0 Å². The van der Waals surface area contributed by atoms with Gasteiger partial charge in [0.2, 0.25) is 0 Å². The zero-order chi connectivity index (χ0) is 21.1. The third-order valence-corrected chi connectivity index (χ3v) is 8.34. The van der Waals surface area contributed by atoms with Crippen molar-refractivity contribution < 1.29 is 15.3 Å². The molecule has 3 heteroatoms. The van der Waals surface area contributed by atoms with E-state index in [0.29, 0.717) is 37.0 Å². The van der Waals surface area contributed by atoms with Gasteiger partial charge in [-0.1, -0.05) is 65.3 Å². The van der Waals surface area contributed by atoms with Crippen LogP contribution in [-0.4, -0.2) is 33.6 Å². The lowest BCUT2D eigenvalue weighted by Crippen LogP contribution is -2.39. The van der Waals surface area contributed by atoms with Gasteiger partial charge in [0.1, 0.15) is 0 Å². The highest BCUT2D eigenvalue weighted by Crippen LogP contribution is 2.60. The number of hydrogen-bond donors (Lipinski definition) is 3. The summed E-state index contributed by atoms with van der Waals surface area (Å²) < 4.78 is 0. The van der Waals surface area contributed by atoms with Crippen molar-refractivity contribution in [2.75, 3.05) is 0 Å². The van der Waals surface area contributed by atoms with Crippen LogP contribution in [0.25, 0.3) is 0 Å². The SMILES string of the molecule is CC(C)[C@@H](O)CC[C@H](C)[C@@]1(C)CC[C@@H](C=CC=C2C[C@@H](O)C[C@H](O)C2)C1(C)C. The van der Waals surface area contributed by atoms with E-state index in [-0.39, 0.29) is 16.9 Å². The zero-order valence-corrected chi connectivity index (χ0v) is 19.0. The molecule has 6 atom stereocenters. The van der Waals surface area contributed by atoms with Gasteiger partial charge < -0.3 is 15.3 Å². The van der Waals surface area contributed by atoms with Crippen LogP contribution in [0.15, 0.2) is 23.8 Å².